The largest absolute Gasteiger partial charge is 0.481 e. The minimum Gasteiger partial charge on any atom is -0.481 e. The molecule has 3 N–H and O–H groups in total. The average Bonchev–Trinajstić information content (AvgIpc) is 3.31. The van der Waals surface area contributed by atoms with Crippen LogP contribution in [0.1, 0.15) is 113 Å². The van der Waals surface area contributed by atoms with E-state index in [0.29, 0.717) is 41.0 Å². The van der Waals surface area contributed by atoms with Gasteiger partial charge in [0, 0.05) is 11.7 Å². The molecule has 222 valence electrons. The van der Waals surface area contributed by atoms with Crippen LogP contribution < -0.4 is 10.9 Å². The maximum Gasteiger partial charge on any atom is 0.309 e. The standard InChI is InChI=1S/C36H56N2O2/c1-23(2)25-15-20-36(31(39)40)22-21-34(6)26(30(25)36)13-14-28-33(5)18-17-29(38-37-24-11-9-8-10-12-24)32(3,4)27(33)16-19-35(28,34)7/h8-12,23,25-30,37-38H,13-22H2,1-7H3,(H,39,40)/t25-,26?,27?,28?,29?,30?,33-,34+,35+,36-/m0/s1. The fourth-order valence-electron chi connectivity index (χ4n) is 12.7. The number of benzene rings is 1. The van der Waals surface area contributed by atoms with E-state index in [9.17, 15) is 9.90 Å². The Balaban J connectivity index is 1.29. The van der Waals surface area contributed by atoms with Crippen molar-refractivity contribution in [2.24, 2.45) is 62.6 Å². The Morgan fingerprint density at radius 1 is 0.825 bits per heavy atom. The fourth-order valence-corrected chi connectivity index (χ4v) is 12.7. The van der Waals surface area contributed by atoms with E-state index in [4.69, 9.17) is 0 Å². The topological polar surface area (TPSA) is 61.4 Å². The van der Waals surface area contributed by atoms with E-state index in [-0.39, 0.29) is 16.2 Å². The van der Waals surface area contributed by atoms with Gasteiger partial charge in [-0.1, -0.05) is 66.7 Å². The Morgan fingerprint density at radius 3 is 2.23 bits per heavy atom. The molecule has 0 bridgehead atoms. The number of carbonyl (C=O) groups is 1. The van der Waals surface area contributed by atoms with Crippen LogP contribution in [0, 0.1) is 62.6 Å². The Labute approximate surface area is 243 Å². The molecular formula is C36H56N2O2. The lowest BCUT2D eigenvalue weighted by molar-refractivity contribution is -0.242. The summed E-state index contributed by atoms with van der Waals surface area (Å²) < 4.78 is 0. The second kappa shape index (κ2) is 9.48. The molecule has 0 aliphatic heterocycles. The van der Waals surface area contributed by atoms with Gasteiger partial charge in [-0.05, 0) is 134 Å². The number of carboxylic acid groups (broad SMARTS) is 1. The summed E-state index contributed by atoms with van der Waals surface area (Å²) in [4.78, 5) is 12.9. The molecular weight excluding hydrogens is 492 g/mol. The molecule has 1 aromatic rings. The molecule has 1 aromatic carbocycles. The van der Waals surface area contributed by atoms with E-state index in [1.165, 1.54) is 38.5 Å². The monoisotopic (exact) mass is 548 g/mol. The van der Waals surface area contributed by atoms with Crippen LogP contribution in [-0.4, -0.2) is 17.1 Å². The zero-order valence-electron chi connectivity index (χ0n) is 26.4. The number of aliphatic carboxylic acids is 1. The molecule has 6 rings (SSSR count). The van der Waals surface area contributed by atoms with Crippen molar-refractivity contribution in [2.45, 2.75) is 119 Å². The number of fused-ring (bicyclic) bond motifs is 7. The summed E-state index contributed by atoms with van der Waals surface area (Å²) in [7, 11) is 0. The first-order chi connectivity index (χ1) is 18.8. The van der Waals surface area contributed by atoms with E-state index < -0.39 is 11.4 Å². The minimum atomic E-state index is -0.484. The number of nitrogens with one attached hydrogen (secondary N) is 2. The number of hydrazine groups is 1. The molecule has 5 unspecified atom stereocenters. The molecule has 5 aliphatic rings. The highest BCUT2D eigenvalue weighted by Crippen LogP contribution is 2.77. The van der Waals surface area contributed by atoms with Gasteiger partial charge in [0.2, 0.25) is 0 Å². The Bertz CT molecular complexity index is 1120. The molecule has 4 nitrogen and oxygen atoms in total. The highest BCUT2D eigenvalue weighted by molar-refractivity contribution is 5.76. The van der Waals surface area contributed by atoms with Crippen molar-refractivity contribution in [2.75, 3.05) is 5.43 Å². The number of anilines is 1. The second-order valence-electron chi connectivity index (χ2n) is 16.7. The summed E-state index contributed by atoms with van der Waals surface area (Å²) in [6.07, 6.45) is 11.6. The summed E-state index contributed by atoms with van der Waals surface area (Å²) in [5.41, 5.74) is 9.02. The molecule has 0 aromatic heterocycles. The molecule has 5 saturated carbocycles. The number of hydrogen-bond acceptors (Lipinski definition) is 3. The normalized spacial score (nSPS) is 47.5. The van der Waals surface area contributed by atoms with E-state index >= 15 is 0 Å². The summed E-state index contributed by atoms with van der Waals surface area (Å²) in [5.74, 6) is 2.97. The predicted molar refractivity (Wildman–Crippen MR) is 164 cm³/mol. The van der Waals surface area contributed by atoms with E-state index in [0.717, 1.165) is 37.3 Å². The van der Waals surface area contributed by atoms with Gasteiger partial charge in [-0.25, -0.2) is 5.43 Å². The molecule has 5 aliphatic carbocycles. The molecule has 5 fully saturated rings. The van der Waals surface area contributed by atoms with Crippen molar-refractivity contribution in [3.63, 3.8) is 0 Å². The molecule has 0 radical (unpaired) electrons. The molecule has 10 atom stereocenters. The van der Waals surface area contributed by atoms with Crippen molar-refractivity contribution < 1.29 is 9.90 Å². The summed E-state index contributed by atoms with van der Waals surface area (Å²) in [5, 5.41) is 10.7. The van der Waals surface area contributed by atoms with Crippen molar-refractivity contribution in [1.82, 2.24) is 5.43 Å². The third kappa shape index (κ3) is 3.75. The van der Waals surface area contributed by atoms with Crippen LogP contribution in [-0.2, 0) is 4.79 Å². The van der Waals surface area contributed by atoms with Gasteiger partial charge in [-0.3, -0.25) is 4.79 Å². The smallest absolute Gasteiger partial charge is 0.309 e. The first-order valence-corrected chi connectivity index (χ1v) is 16.6. The third-order valence-corrected chi connectivity index (χ3v) is 15.0. The molecule has 0 spiro atoms. The lowest BCUT2D eigenvalue weighted by Gasteiger charge is -2.73. The summed E-state index contributed by atoms with van der Waals surface area (Å²) in [6.45, 7) is 17.8. The van der Waals surface area contributed by atoms with Gasteiger partial charge in [0.05, 0.1) is 5.41 Å². The van der Waals surface area contributed by atoms with Crippen molar-refractivity contribution in [3.8, 4) is 0 Å². The Kier molecular flexibility index (Phi) is 6.77. The van der Waals surface area contributed by atoms with Crippen LogP contribution in [0.4, 0.5) is 5.69 Å². The highest BCUT2D eigenvalue weighted by atomic mass is 16.4. The van der Waals surface area contributed by atoms with Gasteiger partial charge < -0.3 is 10.5 Å². The van der Waals surface area contributed by atoms with Crippen molar-refractivity contribution in [3.05, 3.63) is 30.3 Å². The van der Waals surface area contributed by atoms with E-state index in [1.54, 1.807) is 0 Å². The molecule has 0 saturated heterocycles. The molecule has 0 amide bonds. The number of rotatable bonds is 5. The molecule has 0 heterocycles. The zero-order chi connectivity index (χ0) is 28.7. The maximum atomic E-state index is 12.9. The van der Waals surface area contributed by atoms with Crippen LogP contribution in [0.3, 0.4) is 0 Å². The summed E-state index contributed by atoms with van der Waals surface area (Å²) >= 11 is 0. The van der Waals surface area contributed by atoms with Crippen LogP contribution in [0.5, 0.6) is 0 Å². The number of hydrogen-bond donors (Lipinski definition) is 3. The van der Waals surface area contributed by atoms with Crippen LogP contribution in [0.2, 0.25) is 0 Å². The van der Waals surface area contributed by atoms with Gasteiger partial charge in [-0.2, -0.15) is 0 Å². The Hall–Kier alpha value is -1.55. The predicted octanol–water partition coefficient (Wildman–Crippen LogP) is 8.79. The summed E-state index contributed by atoms with van der Waals surface area (Å²) in [6, 6.07) is 11.0. The highest BCUT2D eigenvalue weighted by Gasteiger charge is 2.72. The first-order valence-electron chi connectivity index (χ1n) is 16.6. The minimum absolute atomic E-state index is 0.201. The van der Waals surface area contributed by atoms with Crippen LogP contribution >= 0.6 is 0 Å². The van der Waals surface area contributed by atoms with Crippen molar-refractivity contribution in [1.29, 1.82) is 0 Å². The van der Waals surface area contributed by atoms with Crippen LogP contribution in [0.25, 0.3) is 0 Å². The average molecular weight is 549 g/mol. The quantitative estimate of drug-likeness (QED) is 0.322. The third-order valence-electron chi connectivity index (χ3n) is 15.0. The molecule has 4 heteroatoms. The lowest BCUT2D eigenvalue weighted by atomic mass is 9.32. The van der Waals surface area contributed by atoms with Gasteiger partial charge >= 0.3 is 5.97 Å². The van der Waals surface area contributed by atoms with Crippen LogP contribution in [0.15, 0.2) is 30.3 Å². The van der Waals surface area contributed by atoms with Gasteiger partial charge in [-0.15, -0.1) is 0 Å². The SMILES string of the molecule is CC(C)[C@@H]1CC[C@]2(C(=O)O)CC[C@]3(C)C(CCC4[C@@]5(C)CCC(NNc6ccccc6)C(C)(C)C5CC[C@]43C)C12. The first kappa shape index (κ1) is 28.6. The second-order valence-corrected chi connectivity index (χ2v) is 16.7. The number of para-hydroxylation sites is 1. The number of carboxylic acids is 1. The van der Waals surface area contributed by atoms with Gasteiger partial charge in [0.25, 0.3) is 0 Å². The van der Waals surface area contributed by atoms with Gasteiger partial charge in [0.1, 0.15) is 0 Å². The Morgan fingerprint density at radius 2 is 1.55 bits per heavy atom. The van der Waals surface area contributed by atoms with Gasteiger partial charge in [0.15, 0.2) is 0 Å². The fraction of sp³-hybridized carbons (Fsp3) is 0.806. The van der Waals surface area contributed by atoms with E-state index in [2.05, 4.69) is 89.6 Å². The molecule has 40 heavy (non-hydrogen) atoms. The maximum absolute atomic E-state index is 12.9. The zero-order valence-corrected chi connectivity index (χ0v) is 26.4. The lowest BCUT2D eigenvalue weighted by Crippen LogP contribution is -2.68. The van der Waals surface area contributed by atoms with Crippen molar-refractivity contribution >= 4 is 11.7 Å². The van der Waals surface area contributed by atoms with E-state index in [1.807, 2.05) is 0 Å².